The van der Waals surface area contributed by atoms with Crippen molar-refractivity contribution < 1.29 is 4.79 Å². The quantitative estimate of drug-likeness (QED) is 0.297. The first kappa shape index (κ1) is 24.1. The summed E-state index contributed by atoms with van der Waals surface area (Å²) >= 11 is 0. The van der Waals surface area contributed by atoms with Crippen molar-refractivity contribution in [1.82, 2.24) is 35.0 Å². The molecule has 1 fully saturated rings. The minimum absolute atomic E-state index is 0.00805. The molecule has 0 bridgehead atoms. The first-order chi connectivity index (χ1) is 18.6. The molecule has 194 valence electrons. The molecule has 1 amide bonds. The van der Waals surface area contributed by atoms with Crippen LogP contribution in [-0.4, -0.2) is 74.2 Å². The number of H-pyrrole nitrogens is 2. The molecule has 1 saturated heterocycles. The van der Waals surface area contributed by atoms with Gasteiger partial charge in [-0.15, -0.1) is 0 Å². The molecule has 0 radical (unpaired) electrons. The highest BCUT2D eigenvalue weighted by Crippen LogP contribution is 2.33. The Labute approximate surface area is 220 Å². The number of anilines is 2. The van der Waals surface area contributed by atoms with Gasteiger partial charge in [-0.2, -0.15) is 5.10 Å². The molecule has 0 spiro atoms. The van der Waals surface area contributed by atoms with Crippen LogP contribution in [0, 0.1) is 0 Å². The normalized spacial score (nSPS) is 14.4. The van der Waals surface area contributed by atoms with Gasteiger partial charge in [0.1, 0.15) is 11.2 Å². The fourth-order valence-electron chi connectivity index (χ4n) is 4.91. The zero-order valence-corrected chi connectivity index (χ0v) is 21.7. The molecule has 0 saturated carbocycles. The number of likely N-dealkylation sites (N-methyl/N-ethyl adjacent to an activating group) is 1. The fourth-order valence-corrected chi connectivity index (χ4v) is 4.91. The van der Waals surface area contributed by atoms with Crippen LogP contribution >= 0.6 is 0 Å². The van der Waals surface area contributed by atoms with Gasteiger partial charge in [0.2, 0.25) is 5.91 Å². The summed E-state index contributed by atoms with van der Waals surface area (Å²) in [6.45, 7) is 5.99. The van der Waals surface area contributed by atoms with Crippen LogP contribution in [0.25, 0.3) is 44.6 Å². The van der Waals surface area contributed by atoms with Gasteiger partial charge in [0, 0.05) is 49.7 Å². The fraction of sp³-hybridized carbons (Fsp3) is 0.321. The number of hydrogen-bond donors (Lipinski definition) is 3. The first-order valence-electron chi connectivity index (χ1n) is 13.1. The maximum Gasteiger partial charge on any atom is 0.224 e. The van der Waals surface area contributed by atoms with Gasteiger partial charge >= 0.3 is 0 Å². The molecule has 10 nitrogen and oxygen atoms in total. The second-order valence-corrected chi connectivity index (χ2v) is 9.88. The van der Waals surface area contributed by atoms with E-state index in [9.17, 15) is 4.79 Å². The van der Waals surface area contributed by atoms with Crippen LogP contribution in [-0.2, 0) is 4.79 Å². The number of amides is 1. The number of piperazine rings is 1. The third-order valence-electron chi connectivity index (χ3n) is 7.12. The predicted molar refractivity (Wildman–Crippen MR) is 150 cm³/mol. The molecular formula is C28H31N9O. The molecule has 10 heteroatoms. The van der Waals surface area contributed by atoms with E-state index in [1.54, 1.807) is 12.4 Å². The van der Waals surface area contributed by atoms with E-state index in [4.69, 9.17) is 4.98 Å². The Balaban J connectivity index is 1.33. The van der Waals surface area contributed by atoms with Gasteiger partial charge in [-0.1, -0.05) is 19.4 Å². The van der Waals surface area contributed by atoms with Crippen LogP contribution in [0.3, 0.4) is 0 Å². The lowest BCUT2D eigenvalue weighted by Gasteiger charge is -2.33. The lowest BCUT2D eigenvalue weighted by molar-refractivity contribution is -0.116. The molecule has 3 N–H and O–H groups in total. The van der Waals surface area contributed by atoms with E-state index in [2.05, 4.69) is 60.3 Å². The Morgan fingerprint density at radius 2 is 1.84 bits per heavy atom. The van der Waals surface area contributed by atoms with Gasteiger partial charge in [-0.25, -0.2) is 4.98 Å². The number of hydrogen-bond acceptors (Lipinski definition) is 7. The molecule has 0 atom stereocenters. The summed E-state index contributed by atoms with van der Waals surface area (Å²) in [4.78, 5) is 34.1. The molecule has 6 rings (SSSR count). The predicted octanol–water partition coefficient (Wildman–Crippen LogP) is 4.44. The Kier molecular flexibility index (Phi) is 6.47. The van der Waals surface area contributed by atoms with Gasteiger partial charge in [-0.3, -0.25) is 19.9 Å². The molecule has 5 aromatic rings. The van der Waals surface area contributed by atoms with E-state index in [-0.39, 0.29) is 5.91 Å². The summed E-state index contributed by atoms with van der Waals surface area (Å²) in [5.74, 6) is 0.704. The van der Waals surface area contributed by atoms with Crippen LogP contribution in [0.15, 0.2) is 49.1 Å². The van der Waals surface area contributed by atoms with E-state index in [1.807, 2.05) is 30.6 Å². The number of nitrogens with one attached hydrogen (secondary N) is 3. The molecule has 0 unspecified atom stereocenters. The number of imidazole rings is 1. The lowest BCUT2D eigenvalue weighted by atomic mass is 10.0. The molecule has 5 heterocycles. The van der Waals surface area contributed by atoms with Crippen molar-refractivity contribution in [3.05, 3.63) is 49.1 Å². The second-order valence-electron chi connectivity index (χ2n) is 9.88. The highest BCUT2D eigenvalue weighted by molar-refractivity contribution is 5.97. The number of aromatic amines is 2. The summed E-state index contributed by atoms with van der Waals surface area (Å²) < 4.78 is 0. The van der Waals surface area contributed by atoms with Crippen LogP contribution < -0.4 is 10.2 Å². The Morgan fingerprint density at radius 3 is 2.68 bits per heavy atom. The van der Waals surface area contributed by atoms with Crippen molar-refractivity contribution in [3.8, 4) is 22.6 Å². The highest BCUT2D eigenvalue weighted by Gasteiger charge is 2.20. The van der Waals surface area contributed by atoms with Gasteiger partial charge in [0.25, 0.3) is 0 Å². The zero-order valence-electron chi connectivity index (χ0n) is 21.7. The molecule has 1 aromatic carbocycles. The number of pyridine rings is 2. The summed E-state index contributed by atoms with van der Waals surface area (Å²) in [5.41, 5.74) is 7.09. The van der Waals surface area contributed by atoms with Crippen LogP contribution in [0.4, 0.5) is 11.4 Å². The summed E-state index contributed by atoms with van der Waals surface area (Å²) in [5, 5.41) is 11.6. The van der Waals surface area contributed by atoms with Crippen molar-refractivity contribution in [3.63, 3.8) is 0 Å². The Hall–Kier alpha value is -4.31. The number of carbonyl (C=O) groups excluding carboxylic acids is 1. The van der Waals surface area contributed by atoms with E-state index >= 15 is 0 Å². The Bertz CT molecular complexity index is 1600. The minimum atomic E-state index is 0.00805. The SMILES string of the molecule is CCCCC(=O)Nc1cncc(-c2ccc3[nH]nc(-c4nc5c(N6CCN(C)CC6)cncc5[nH]4)c3c2)c1. The van der Waals surface area contributed by atoms with Crippen molar-refractivity contribution in [2.75, 3.05) is 43.4 Å². The average Bonchev–Trinajstić information content (AvgIpc) is 3.56. The van der Waals surface area contributed by atoms with E-state index in [1.165, 1.54) is 0 Å². The van der Waals surface area contributed by atoms with Gasteiger partial charge in [0.15, 0.2) is 5.82 Å². The molecule has 4 aromatic heterocycles. The topological polar surface area (TPSA) is 119 Å². The molecule has 1 aliphatic heterocycles. The van der Waals surface area contributed by atoms with Gasteiger partial charge in [0.05, 0.1) is 41.0 Å². The van der Waals surface area contributed by atoms with Crippen molar-refractivity contribution >= 4 is 39.2 Å². The highest BCUT2D eigenvalue weighted by atomic mass is 16.1. The number of unbranched alkanes of at least 4 members (excludes halogenated alkanes) is 1. The van der Waals surface area contributed by atoms with Gasteiger partial charge < -0.3 is 20.1 Å². The summed E-state index contributed by atoms with van der Waals surface area (Å²) in [6.07, 6.45) is 9.56. The molecule has 38 heavy (non-hydrogen) atoms. The monoisotopic (exact) mass is 509 g/mol. The van der Waals surface area contributed by atoms with Crippen LogP contribution in [0.1, 0.15) is 26.2 Å². The van der Waals surface area contributed by atoms with E-state index < -0.39 is 0 Å². The molecule has 1 aliphatic rings. The standard InChI is InChI=1S/C28H31N9O/c1-3-4-5-25(38)31-20-12-19(14-29-15-20)18-6-7-22-21(13-18)26(35-34-22)28-32-23-16-30-17-24(27(23)33-28)37-10-8-36(2)9-11-37/h6-7,12-17H,3-5,8-11H2,1-2H3,(H,31,38)(H,32,33)(H,34,35). The largest absolute Gasteiger partial charge is 0.366 e. The number of rotatable bonds is 7. The zero-order chi connectivity index (χ0) is 26.1. The van der Waals surface area contributed by atoms with Crippen LogP contribution in [0.5, 0.6) is 0 Å². The molecule has 0 aliphatic carbocycles. The van der Waals surface area contributed by atoms with Crippen molar-refractivity contribution in [1.29, 1.82) is 0 Å². The van der Waals surface area contributed by atoms with Crippen molar-refractivity contribution in [2.45, 2.75) is 26.2 Å². The minimum Gasteiger partial charge on any atom is -0.366 e. The van der Waals surface area contributed by atoms with Gasteiger partial charge in [-0.05, 0) is 37.2 Å². The number of aromatic nitrogens is 6. The third-order valence-corrected chi connectivity index (χ3v) is 7.12. The third kappa shape index (κ3) is 4.70. The maximum atomic E-state index is 12.2. The molecular weight excluding hydrogens is 478 g/mol. The van der Waals surface area contributed by atoms with Crippen molar-refractivity contribution in [2.24, 2.45) is 0 Å². The average molecular weight is 510 g/mol. The maximum absolute atomic E-state index is 12.2. The second kappa shape index (κ2) is 10.2. The number of nitrogens with zero attached hydrogens (tertiary/aromatic N) is 6. The number of fused-ring (bicyclic) bond motifs is 2. The number of benzene rings is 1. The lowest BCUT2D eigenvalue weighted by Crippen LogP contribution is -2.44. The smallest absolute Gasteiger partial charge is 0.224 e. The summed E-state index contributed by atoms with van der Waals surface area (Å²) in [6, 6.07) is 8.07. The van der Waals surface area contributed by atoms with E-state index in [0.29, 0.717) is 17.9 Å². The first-order valence-corrected chi connectivity index (χ1v) is 13.1. The number of carbonyl (C=O) groups is 1. The summed E-state index contributed by atoms with van der Waals surface area (Å²) in [7, 11) is 2.15. The van der Waals surface area contributed by atoms with E-state index in [0.717, 1.165) is 83.5 Å². The Morgan fingerprint density at radius 1 is 1.00 bits per heavy atom. The van der Waals surface area contributed by atoms with Crippen LogP contribution in [0.2, 0.25) is 0 Å².